The van der Waals surface area contributed by atoms with Crippen LogP contribution in [0.1, 0.15) is 108 Å². The van der Waals surface area contributed by atoms with E-state index in [4.69, 9.17) is 0 Å². The van der Waals surface area contributed by atoms with E-state index < -0.39 is 0 Å². The molecule has 0 unspecified atom stereocenters. The maximum atomic E-state index is 12.1. The topological polar surface area (TPSA) is 41.1 Å². The Morgan fingerprint density at radius 2 is 1.29 bits per heavy atom. The Balaban J connectivity index is 1.86. The zero-order chi connectivity index (χ0) is 22.6. The molecule has 0 aliphatic carbocycles. The molecule has 3 heteroatoms. The molecular formula is C28H48N2O. The fourth-order valence-corrected chi connectivity index (χ4v) is 3.89. The maximum absolute atomic E-state index is 12.1. The molecule has 3 nitrogen and oxygen atoms in total. The lowest BCUT2D eigenvalue weighted by Crippen LogP contribution is -2.29. The third kappa shape index (κ3) is 14.9. The predicted octanol–water partition coefficient (Wildman–Crippen LogP) is 7.87. The van der Waals surface area contributed by atoms with E-state index in [1.54, 1.807) is 0 Å². The molecular weight excluding hydrogens is 380 g/mol. The van der Waals surface area contributed by atoms with E-state index in [1.165, 1.54) is 83.5 Å². The van der Waals surface area contributed by atoms with Crippen LogP contribution in [-0.2, 0) is 4.79 Å². The van der Waals surface area contributed by atoms with Crippen LogP contribution in [0.5, 0.6) is 0 Å². The Morgan fingerprint density at radius 1 is 0.774 bits per heavy atom. The number of rotatable bonds is 19. The molecule has 1 aromatic rings. The highest BCUT2D eigenvalue weighted by molar-refractivity contribution is 5.93. The van der Waals surface area contributed by atoms with Crippen LogP contribution in [0.25, 0.3) is 0 Å². The smallest absolute Gasteiger partial charge is 0.238 e. The molecule has 2 N–H and O–H groups in total. The van der Waals surface area contributed by atoms with Crippen molar-refractivity contribution in [3.8, 4) is 0 Å². The molecule has 0 aliphatic rings. The number of carbonyl (C=O) groups is 1. The van der Waals surface area contributed by atoms with Gasteiger partial charge in [-0.15, -0.1) is 0 Å². The lowest BCUT2D eigenvalue weighted by atomic mass is 10.1. The quantitative estimate of drug-likeness (QED) is 0.174. The summed E-state index contributed by atoms with van der Waals surface area (Å²) in [6.45, 7) is 7.64. The molecule has 176 valence electrons. The number of unbranched alkanes of at least 4 members (excludes halogenated alkanes) is 12. The molecule has 0 saturated carbocycles. The minimum atomic E-state index is 0.0435. The van der Waals surface area contributed by atoms with Crippen LogP contribution < -0.4 is 10.6 Å². The Bertz CT molecular complexity index is 589. The van der Waals surface area contributed by atoms with E-state index >= 15 is 0 Å². The molecule has 1 aromatic carbocycles. The zero-order valence-electron chi connectivity index (χ0n) is 20.6. The van der Waals surface area contributed by atoms with Gasteiger partial charge in [0, 0.05) is 5.69 Å². The van der Waals surface area contributed by atoms with Crippen molar-refractivity contribution in [3.63, 3.8) is 0 Å². The van der Waals surface area contributed by atoms with Gasteiger partial charge in [-0.25, -0.2) is 0 Å². The summed E-state index contributed by atoms with van der Waals surface area (Å²) >= 11 is 0. The van der Waals surface area contributed by atoms with Gasteiger partial charge < -0.3 is 10.6 Å². The van der Waals surface area contributed by atoms with Gasteiger partial charge in [0.25, 0.3) is 0 Å². The molecule has 0 heterocycles. The van der Waals surface area contributed by atoms with Crippen LogP contribution in [0.4, 0.5) is 5.69 Å². The predicted molar refractivity (Wildman–Crippen MR) is 137 cm³/mol. The van der Waals surface area contributed by atoms with Gasteiger partial charge in [0.2, 0.25) is 5.91 Å². The lowest BCUT2D eigenvalue weighted by molar-refractivity contribution is -0.115. The zero-order valence-corrected chi connectivity index (χ0v) is 20.6. The molecule has 0 aromatic heterocycles. The molecule has 0 spiro atoms. The summed E-state index contributed by atoms with van der Waals surface area (Å²) in [7, 11) is 0. The monoisotopic (exact) mass is 428 g/mol. The second-order valence-electron chi connectivity index (χ2n) is 8.93. The normalized spacial score (nSPS) is 11.3. The number of para-hydroxylation sites is 1. The highest BCUT2D eigenvalue weighted by Crippen LogP contribution is 2.19. The fourth-order valence-electron chi connectivity index (χ4n) is 3.89. The van der Waals surface area contributed by atoms with Crippen molar-refractivity contribution in [1.29, 1.82) is 0 Å². The third-order valence-corrected chi connectivity index (χ3v) is 5.90. The van der Waals surface area contributed by atoms with Gasteiger partial charge >= 0.3 is 0 Å². The number of benzene rings is 1. The second kappa shape index (κ2) is 19.1. The summed E-state index contributed by atoms with van der Waals surface area (Å²) in [5.41, 5.74) is 3.18. The van der Waals surface area contributed by atoms with Crippen LogP contribution in [0.15, 0.2) is 30.4 Å². The van der Waals surface area contributed by atoms with Gasteiger partial charge in [-0.3, -0.25) is 4.79 Å². The Kier molecular flexibility index (Phi) is 16.9. The summed E-state index contributed by atoms with van der Waals surface area (Å²) in [4.78, 5) is 12.1. The van der Waals surface area contributed by atoms with Crippen LogP contribution in [-0.4, -0.2) is 19.0 Å². The highest BCUT2D eigenvalue weighted by atomic mass is 16.1. The first-order valence-corrected chi connectivity index (χ1v) is 12.9. The molecule has 0 aliphatic heterocycles. The van der Waals surface area contributed by atoms with Crippen molar-refractivity contribution < 1.29 is 4.79 Å². The first kappa shape index (κ1) is 27.4. The van der Waals surface area contributed by atoms with Crippen molar-refractivity contribution in [2.45, 2.75) is 111 Å². The van der Waals surface area contributed by atoms with Gasteiger partial charge in [0.05, 0.1) is 6.54 Å². The number of aryl methyl sites for hydroxylation is 2. The number of hydrogen-bond donors (Lipinski definition) is 2. The number of amides is 1. The molecule has 1 rings (SSSR count). The van der Waals surface area contributed by atoms with Gasteiger partial charge in [-0.2, -0.15) is 0 Å². The highest BCUT2D eigenvalue weighted by Gasteiger charge is 2.06. The van der Waals surface area contributed by atoms with Crippen LogP contribution in [0, 0.1) is 13.8 Å². The van der Waals surface area contributed by atoms with Gasteiger partial charge in [-0.1, -0.05) is 95.1 Å². The second-order valence-corrected chi connectivity index (χ2v) is 8.93. The van der Waals surface area contributed by atoms with Gasteiger partial charge in [0.15, 0.2) is 0 Å². The van der Waals surface area contributed by atoms with Gasteiger partial charge in [-0.05, 0) is 63.6 Å². The molecule has 0 radical (unpaired) electrons. The van der Waals surface area contributed by atoms with Crippen LogP contribution in [0.3, 0.4) is 0 Å². The van der Waals surface area contributed by atoms with Crippen molar-refractivity contribution in [1.82, 2.24) is 5.32 Å². The number of anilines is 1. The largest absolute Gasteiger partial charge is 0.324 e. The van der Waals surface area contributed by atoms with Crippen molar-refractivity contribution >= 4 is 11.6 Å². The number of hydrogen-bond acceptors (Lipinski definition) is 2. The van der Waals surface area contributed by atoms with E-state index in [0.717, 1.165) is 29.8 Å². The molecule has 31 heavy (non-hydrogen) atoms. The number of allylic oxidation sites excluding steroid dienone is 2. The van der Waals surface area contributed by atoms with E-state index in [2.05, 4.69) is 29.7 Å². The summed E-state index contributed by atoms with van der Waals surface area (Å²) in [5.74, 6) is 0.0435. The van der Waals surface area contributed by atoms with Crippen molar-refractivity contribution in [2.24, 2.45) is 0 Å². The first-order chi connectivity index (χ1) is 15.1. The number of nitrogens with one attached hydrogen (secondary N) is 2. The summed E-state index contributed by atoms with van der Waals surface area (Å²) in [6.07, 6.45) is 23.3. The Morgan fingerprint density at radius 3 is 1.87 bits per heavy atom. The first-order valence-electron chi connectivity index (χ1n) is 12.9. The standard InChI is InChI=1S/C28H48N2O/c1-4-5-6-7-8-9-10-11-12-13-14-15-16-17-18-19-23-29-24-27(31)30-28-25(2)21-20-22-26(28)3/h11-12,20-22,29H,4-10,13-19,23-24H2,1-3H3,(H,30,31)/b12-11-. The maximum Gasteiger partial charge on any atom is 0.238 e. The van der Waals surface area contributed by atoms with E-state index in [1.807, 2.05) is 32.0 Å². The van der Waals surface area contributed by atoms with Gasteiger partial charge in [0.1, 0.15) is 0 Å². The molecule has 1 amide bonds. The van der Waals surface area contributed by atoms with Crippen molar-refractivity contribution in [3.05, 3.63) is 41.5 Å². The minimum absolute atomic E-state index is 0.0435. The average molecular weight is 429 g/mol. The minimum Gasteiger partial charge on any atom is -0.324 e. The summed E-state index contributed by atoms with van der Waals surface area (Å²) in [6, 6.07) is 6.08. The molecule has 0 fully saturated rings. The van der Waals surface area contributed by atoms with Crippen LogP contribution >= 0.6 is 0 Å². The van der Waals surface area contributed by atoms with Crippen LogP contribution in [0.2, 0.25) is 0 Å². The van der Waals surface area contributed by atoms with E-state index in [-0.39, 0.29) is 5.91 Å². The number of carbonyl (C=O) groups excluding carboxylic acids is 1. The molecule has 0 atom stereocenters. The molecule has 0 bridgehead atoms. The average Bonchev–Trinajstić information content (AvgIpc) is 2.75. The Labute approximate surface area is 192 Å². The third-order valence-electron chi connectivity index (χ3n) is 5.90. The Hall–Kier alpha value is -1.61. The SMILES string of the molecule is CCCCCCCC/C=C\CCCCCCCCNCC(=O)Nc1c(C)cccc1C. The summed E-state index contributed by atoms with van der Waals surface area (Å²) < 4.78 is 0. The van der Waals surface area contributed by atoms with E-state index in [0.29, 0.717) is 6.54 Å². The van der Waals surface area contributed by atoms with E-state index in [9.17, 15) is 4.79 Å². The summed E-state index contributed by atoms with van der Waals surface area (Å²) in [5, 5.41) is 6.30. The fraction of sp³-hybridized carbons (Fsp3) is 0.679. The lowest BCUT2D eigenvalue weighted by Gasteiger charge is -2.11. The molecule has 0 saturated heterocycles. The van der Waals surface area contributed by atoms with Crippen molar-refractivity contribution in [2.75, 3.05) is 18.4 Å².